The van der Waals surface area contributed by atoms with Crippen molar-refractivity contribution in [2.75, 3.05) is 12.3 Å². The first-order valence-electron chi connectivity index (χ1n) is 12.2. The molecule has 0 bridgehead atoms. The molecule has 4 aromatic rings. The molecule has 178 valence electrons. The van der Waals surface area contributed by atoms with Gasteiger partial charge in [-0.05, 0) is 37.8 Å². The van der Waals surface area contributed by atoms with Gasteiger partial charge in [-0.3, -0.25) is 0 Å². The van der Waals surface area contributed by atoms with Crippen molar-refractivity contribution in [3.63, 3.8) is 0 Å². The Morgan fingerprint density at radius 1 is 1.03 bits per heavy atom. The molecule has 4 rings (SSSR count). The van der Waals surface area contributed by atoms with E-state index in [9.17, 15) is 4.79 Å². The number of aromatic nitrogens is 3. The summed E-state index contributed by atoms with van der Waals surface area (Å²) in [5.41, 5.74) is 10.1. The van der Waals surface area contributed by atoms with E-state index in [1.165, 1.54) is 0 Å². The van der Waals surface area contributed by atoms with Gasteiger partial charge < -0.3 is 20.9 Å². The molecule has 0 radical (unpaired) electrons. The van der Waals surface area contributed by atoms with Crippen molar-refractivity contribution in [1.29, 1.82) is 0 Å². The van der Waals surface area contributed by atoms with Gasteiger partial charge in [-0.15, -0.1) is 0 Å². The zero-order chi connectivity index (χ0) is 23.9. The Labute approximate surface area is 200 Å². The van der Waals surface area contributed by atoms with Crippen LogP contribution in [0.25, 0.3) is 21.9 Å². The number of aryl methyl sites for hydroxylation is 2. The highest BCUT2D eigenvalue weighted by Crippen LogP contribution is 2.29. The number of nitrogens with zero attached hydrogens (tertiary/aromatic N) is 3. The van der Waals surface area contributed by atoms with Gasteiger partial charge in [-0.25, -0.2) is 14.8 Å². The van der Waals surface area contributed by atoms with Crippen LogP contribution in [0.15, 0.2) is 54.6 Å². The first-order valence-corrected chi connectivity index (χ1v) is 12.2. The number of benzene rings is 2. The molecule has 0 aliphatic rings. The van der Waals surface area contributed by atoms with E-state index >= 15 is 0 Å². The summed E-state index contributed by atoms with van der Waals surface area (Å²) in [7, 11) is 0. The van der Waals surface area contributed by atoms with Gasteiger partial charge in [0.25, 0.3) is 0 Å². The average Bonchev–Trinajstić information content (AvgIpc) is 3.22. The van der Waals surface area contributed by atoms with E-state index in [0.29, 0.717) is 12.4 Å². The minimum absolute atomic E-state index is 0.0352. The summed E-state index contributed by atoms with van der Waals surface area (Å²) in [6, 6.07) is 17.9. The number of nitrogens with two attached hydrogens (primary N) is 1. The molecular formula is C27H34N6O. The Morgan fingerprint density at radius 3 is 2.59 bits per heavy atom. The van der Waals surface area contributed by atoms with Crippen molar-refractivity contribution in [3.05, 3.63) is 66.0 Å². The molecule has 2 aromatic heterocycles. The van der Waals surface area contributed by atoms with Crippen LogP contribution in [0.4, 0.5) is 10.6 Å². The molecule has 7 nitrogen and oxygen atoms in total. The van der Waals surface area contributed by atoms with Crippen LogP contribution in [0.1, 0.15) is 57.0 Å². The number of rotatable bonds is 10. The Hall–Kier alpha value is -3.61. The number of amides is 2. The van der Waals surface area contributed by atoms with E-state index in [-0.39, 0.29) is 12.1 Å². The van der Waals surface area contributed by atoms with Crippen LogP contribution in [-0.4, -0.2) is 27.1 Å². The van der Waals surface area contributed by atoms with E-state index in [4.69, 9.17) is 10.7 Å². The minimum atomic E-state index is -0.141. The first-order chi connectivity index (χ1) is 16.6. The average molecular weight is 459 g/mol. The highest BCUT2D eigenvalue weighted by molar-refractivity contribution is 6.06. The molecule has 2 amide bonds. The Morgan fingerprint density at radius 2 is 1.79 bits per heavy atom. The molecule has 0 spiro atoms. The Bertz CT molecular complexity index is 1250. The number of hydrogen-bond donors (Lipinski definition) is 3. The highest BCUT2D eigenvalue weighted by atomic mass is 16.2. The number of carbonyl (C=O) groups excluding carboxylic acids is 1. The second kappa shape index (κ2) is 11.0. The molecule has 2 heterocycles. The second-order valence-electron chi connectivity index (χ2n) is 8.73. The fraction of sp³-hybridized carbons (Fsp3) is 0.370. The van der Waals surface area contributed by atoms with Crippen molar-refractivity contribution >= 4 is 33.8 Å². The van der Waals surface area contributed by atoms with Gasteiger partial charge in [0.1, 0.15) is 11.3 Å². The van der Waals surface area contributed by atoms with Gasteiger partial charge >= 0.3 is 6.03 Å². The zero-order valence-electron chi connectivity index (χ0n) is 20.1. The van der Waals surface area contributed by atoms with Gasteiger partial charge in [0.15, 0.2) is 5.82 Å². The van der Waals surface area contributed by atoms with Crippen LogP contribution in [0.3, 0.4) is 0 Å². The predicted octanol–water partition coefficient (Wildman–Crippen LogP) is 5.35. The van der Waals surface area contributed by atoms with Crippen LogP contribution in [-0.2, 0) is 13.0 Å². The molecule has 0 aliphatic carbocycles. The van der Waals surface area contributed by atoms with Crippen molar-refractivity contribution in [1.82, 2.24) is 25.2 Å². The van der Waals surface area contributed by atoms with Crippen LogP contribution >= 0.6 is 0 Å². The third-order valence-electron chi connectivity index (χ3n) is 6.18. The number of unbranched alkanes of at least 4 members (excludes halogenated alkanes) is 2. The molecule has 2 aromatic carbocycles. The maximum Gasteiger partial charge on any atom is 0.315 e. The third kappa shape index (κ3) is 5.30. The van der Waals surface area contributed by atoms with Crippen molar-refractivity contribution in [2.24, 2.45) is 0 Å². The van der Waals surface area contributed by atoms with Gasteiger partial charge in [0.2, 0.25) is 0 Å². The lowest BCUT2D eigenvalue weighted by Crippen LogP contribution is -2.37. The number of urea groups is 1. The summed E-state index contributed by atoms with van der Waals surface area (Å²) in [5.74, 6) is 1.54. The lowest BCUT2D eigenvalue weighted by Gasteiger charge is -2.15. The number of fused-ring (bicyclic) bond motifs is 3. The normalized spacial score (nSPS) is 12.2. The molecular weight excluding hydrogens is 424 g/mol. The largest absolute Gasteiger partial charge is 0.382 e. The Kier molecular flexibility index (Phi) is 7.62. The van der Waals surface area contributed by atoms with E-state index < -0.39 is 0 Å². The van der Waals surface area contributed by atoms with Crippen molar-refractivity contribution in [3.8, 4) is 0 Å². The first kappa shape index (κ1) is 23.5. The standard InChI is InChI=1S/C27H34N6O/c1-3-4-16-23-32-24-25(21-14-8-9-15-22(21)31-26(24)28)33(23)18-11-10-17-29-27(34)30-19(2)20-12-6-5-7-13-20/h5-9,12-15,19H,3-4,10-11,16-18H2,1-2H3,(H2,28,31)(H2,29,30,34)/t19-/m0/s1. The topological polar surface area (TPSA) is 97.9 Å². The lowest BCUT2D eigenvalue weighted by molar-refractivity contribution is 0.237. The number of para-hydroxylation sites is 1. The summed E-state index contributed by atoms with van der Waals surface area (Å²) < 4.78 is 2.31. The Balaban J connectivity index is 1.40. The molecule has 34 heavy (non-hydrogen) atoms. The summed E-state index contributed by atoms with van der Waals surface area (Å²) in [5, 5.41) is 7.06. The molecule has 0 aliphatic heterocycles. The van der Waals surface area contributed by atoms with E-state index in [1.807, 2.05) is 55.5 Å². The molecule has 7 heteroatoms. The number of anilines is 1. The number of nitrogen functional groups attached to an aromatic ring is 1. The molecule has 4 N–H and O–H groups in total. The van der Waals surface area contributed by atoms with E-state index in [0.717, 1.165) is 72.0 Å². The van der Waals surface area contributed by atoms with E-state index in [2.05, 4.69) is 33.2 Å². The second-order valence-corrected chi connectivity index (χ2v) is 8.73. The minimum Gasteiger partial charge on any atom is -0.382 e. The number of nitrogens with one attached hydrogen (secondary N) is 2. The van der Waals surface area contributed by atoms with Gasteiger partial charge in [-0.1, -0.05) is 61.9 Å². The monoisotopic (exact) mass is 458 g/mol. The van der Waals surface area contributed by atoms with Gasteiger partial charge in [-0.2, -0.15) is 0 Å². The van der Waals surface area contributed by atoms with Crippen LogP contribution in [0, 0.1) is 0 Å². The molecule has 0 unspecified atom stereocenters. The van der Waals surface area contributed by atoms with Crippen molar-refractivity contribution in [2.45, 2.75) is 58.5 Å². The summed E-state index contributed by atoms with van der Waals surface area (Å²) in [6.45, 7) is 5.62. The number of imidazole rings is 1. The summed E-state index contributed by atoms with van der Waals surface area (Å²) in [4.78, 5) is 21.7. The predicted molar refractivity (Wildman–Crippen MR) is 139 cm³/mol. The quantitative estimate of drug-likeness (QED) is 0.279. The summed E-state index contributed by atoms with van der Waals surface area (Å²) >= 11 is 0. The summed E-state index contributed by atoms with van der Waals surface area (Å²) in [6.07, 6.45) is 4.90. The molecule has 1 atom stereocenters. The number of carbonyl (C=O) groups is 1. The fourth-order valence-corrected chi connectivity index (χ4v) is 4.34. The smallest absolute Gasteiger partial charge is 0.315 e. The van der Waals surface area contributed by atoms with Gasteiger partial charge in [0.05, 0.1) is 17.1 Å². The van der Waals surface area contributed by atoms with Crippen LogP contribution in [0.5, 0.6) is 0 Å². The molecule has 0 fully saturated rings. The third-order valence-corrected chi connectivity index (χ3v) is 6.18. The van der Waals surface area contributed by atoms with Gasteiger partial charge in [0, 0.05) is 24.9 Å². The zero-order valence-corrected chi connectivity index (χ0v) is 20.1. The molecule has 0 saturated carbocycles. The number of pyridine rings is 1. The highest BCUT2D eigenvalue weighted by Gasteiger charge is 2.17. The SMILES string of the molecule is CCCCc1nc2c(N)nc3ccccc3c2n1CCCCNC(=O)N[C@@H](C)c1ccccc1. The van der Waals surface area contributed by atoms with Crippen LogP contribution < -0.4 is 16.4 Å². The van der Waals surface area contributed by atoms with Crippen molar-refractivity contribution < 1.29 is 4.79 Å². The fourth-order valence-electron chi connectivity index (χ4n) is 4.34. The maximum absolute atomic E-state index is 12.3. The van der Waals surface area contributed by atoms with E-state index in [1.54, 1.807) is 0 Å². The maximum atomic E-state index is 12.3. The molecule has 0 saturated heterocycles. The van der Waals surface area contributed by atoms with Crippen LogP contribution in [0.2, 0.25) is 0 Å². The number of hydrogen-bond acceptors (Lipinski definition) is 4. The lowest BCUT2D eigenvalue weighted by atomic mass is 10.1.